The Morgan fingerprint density at radius 3 is 2.64 bits per heavy atom. The van der Waals surface area contributed by atoms with Gasteiger partial charge in [-0.05, 0) is 30.4 Å². The van der Waals surface area contributed by atoms with Crippen LogP contribution in [0.4, 0.5) is 5.69 Å². The number of carbonyl (C=O) groups excluding carboxylic acids is 1. The van der Waals surface area contributed by atoms with Crippen LogP contribution in [0.3, 0.4) is 0 Å². The average Bonchev–Trinajstić information content (AvgIpc) is 2.55. The first kappa shape index (κ1) is 16.0. The fraction of sp³-hybridized carbons (Fsp3) is 0.188. The van der Waals surface area contributed by atoms with Gasteiger partial charge in [0.25, 0.3) is 11.6 Å². The summed E-state index contributed by atoms with van der Waals surface area (Å²) in [7, 11) is 0. The number of nitrogens with zero attached hydrogens (tertiary/aromatic N) is 1. The van der Waals surface area contributed by atoms with Gasteiger partial charge in [0.15, 0.2) is 0 Å². The monoisotopic (exact) mass is 316 g/mol. The molecule has 6 heteroatoms. The molecule has 0 atom stereocenters. The van der Waals surface area contributed by atoms with Gasteiger partial charge in [0.2, 0.25) is 0 Å². The number of hydrogen-bond donors (Lipinski definition) is 1. The predicted octanol–water partition coefficient (Wildman–Crippen LogP) is 3.51. The van der Waals surface area contributed by atoms with E-state index in [0.717, 1.165) is 12.2 Å². The molecule has 2 aromatic rings. The number of nitrogens with one attached hydrogen (secondary N) is 1. The van der Waals surface area contributed by atoms with Crippen molar-refractivity contribution in [2.75, 3.05) is 12.3 Å². The molecule has 0 aliphatic rings. The Balaban J connectivity index is 1.74. The minimum Gasteiger partial charge on any atom is -0.352 e. The molecule has 0 aliphatic carbocycles. The van der Waals surface area contributed by atoms with Gasteiger partial charge >= 0.3 is 0 Å². The van der Waals surface area contributed by atoms with E-state index in [0.29, 0.717) is 12.1 Å². The number of carbonyl (C=O) groups is 1. The molecule has 0 saturated heterocycles. The molecule has 2 aromatic carbocycles. The summed E-state index contributed by atoms with van der Waals surface area (Å²) in [6, 6.07) is 15.8. The highest BCUT2D eigenvalue weighted by Crippen LogP contribution is 2.17. The Bertz CT molecular complexity index is 647. The molecule has 1 N–H and O–H groups in total. The minimum absolute atomic E-state index is 0.0766. The summed E-state index contributed by atoms with van der Waals surface area (Å²) in [6.45, 7) is 0.543. The lowest BCUT2D eigenvalue weighted by molar-refractivity contribution is -0.384. The summed E-state index contributed by atoms with van der Waals surface area (Å²) in [5.74, 6) is 0.618. The van der Waals surface area contributed by atoms with Gasteiger partial charge in [0.1, 0.15) is 0 Å². The van der Waals surface area contributed by atoms with E-state index in [4.69, 9.17) is 0 Å². The van der Waals surface area contributed by atoms with Crippen LogP contribution in [0.5, 0.6) is 0 Å². The van der Waals surface area contributed by atoms with Crippen molar-refractivity contribution >= 4 is 23.4 Å². The maximum absolute atomic E-state index is 11.9. The zero-order valence-corrected chi connectivity index (χ0v) is 12.7. The van der Waals surface area contributed by atoms with Gasteiger partial charge in [0, 0.05) is 29.1 Å². The summed E-state index contributed by atoms with van der Waals surface area (Å²) in [4.78, 5) is 23.3. The molecule has 0 unspecified atom stereocenters. The molecule has 0 fully saturated rings. The van der Waals surface area contributed by atoms with E-state index < -0.39 is 4.92 Å². The van der Waals surface area contributed by atoms with Crippen molar-refractivity contribution in [2.45, 2.75) is 11.3 Å². The lowest BCUT2D eigenvalue weighted by atomic mass is 10.2. The second-order valence-corrected chi connectivity index (χ2v) is 5.75. The molecule has 22 heavy (non-hydrogen) atoms. The van der Waals surface area contributed by atoms with Crippen molar-refractivity contribution < 1.29 is 9.72 Å². The van der Waals surface area contributed by atoms with Crippen molar-refractivity contribution in [3.8, 4) is 0 Å². The van der Waals surface area contributed by atoms with Gasteiger partial charge in [-0.25, -0.2) is 0 Å². The van der Waals surface area contributed by atoms with Crippen LogP contribution in [0.1, 0.15) is 16.8 Å². The van der Waals surface area contributed by atoms with E-state index in [1.165, 1.54) is 23.1 Å². The van der Waals surface area contributed by atoms with E-state index >= 15 is 0 Å². The van der Waals surface area contributed by atoms with Gasteiger partial charge in [-0.15, -0.1) is 11.8 Å². The van der Waals surface area contributed by atoms with E-state index in [-0.39, 0.29) is 11.6 Å². The fourth-order valence-corrected chi connectivity index (χ4v) is 2.72. The molecular weight excluding hydrogens is 300 g/mol. The van der Waals surface area contributed by atoms with Crippen molar-refractivity contribution in [1.82, 2.24) is 5.32 Å². The lowest BCUT2D eigenvalue weighted by Crippen LogP contribution is -2.24. The summed E-state index contributed by atoms with van der Waals surface area (Å²) >= 11 is 1.73. The van der Waals surface area contributed by atoms with Crippen molar-refractivity contribution in [3.63, 3.8) is 0 Å². The third-order valence-electron chi connectivity index (χ3n) is 2.94. The van der Waals surface area contributed by atoms with Crippen LogP contribution in [-0.4, -0.2) is 23.1 Å². The zero-order chi connectivity index (χ0) is 15.8. The SMILES string of the molecule is O=C(NCCCSc1ccccc1)c1cccc([N+](=O)[O-])c1. The van der Waals surface area contributed by atoms with E-state index in [2.05, 4.69) is 5.32 Å². The van der Waals surface area contributed by atoms with Crippen LogP contribution in [0.15, 0.2) is 59.5 Å². The fourth-order valence-electron chi connectivity index (χ4n) is 1.84. The summed E-state index contributed by atoms with van der Waals surface area (Å²) in [5.41, 5.74) is 0.234. The van der Waals surface area contributed by atoms with Crippen LogP contribution >= 0.6 is 11.8 Å². The lowest BCUT2D eigenvalue weighted by Gasteiger charge is -2.05. The van der Waals surface area contributed by atoms with Gasteiger partial charge < -0.3 is 5.32 Å². The first-order valence-corrected chi connectivity index (χ1v) is 7.86. The Kier molecular flexibility index (Phi) is 5.97. The number of benzene rings is 2. The van der Waals surface area contributed by atoms with Crippen molar-refractivity contribution in [3.05, 3.63) is 70.3 Å². The first-order chi connectivity index (χ1) is 10.7. The molecule has 0 aliphatic heterocycles. The smallest absolute Gasteiger partial charge is 0.270 e. The quantitative estimate of drug-likeness (QED) is 0.367. The molecule has 0 spiro atoms. The zero-order valence-electron chi connectivity index (χ0n) is 11.9. The highest BCUT2D eigenvalue weighted by atomic mass is 32.2. The molecular formula is C16H16N2O3S. The Labute approximate surface area is 132 Å². The molecule has 1 amide bonds. The van der Waals surface area contributed by atoms with Crippen LogP contribution in [-0.2, 0) is 0 Å². The van der Waals surface area contributed by atoms with Crippen LogP contribution in [0.2, 0.25) is 0 Å². The Hall–Kier alpha value is -2.34. The number of nitro benzene ring substituents is 1. The topological polar surface area (TPSA) is 72.2 Å². The van der Waals surface area contributed by atoms with E-state index in [9.17, 15) is 14.9 Å². The van der Waals surface area contributed by atoms with Gasteiger partial charge in [-0.1, -0.05) is 24.3 Å². The number of amides is 1. The number of rotatable bonds is 7. The predicted molar refractivity (Wildman–Crippen MR) is 87.2 cm³/mol. The molecule has 0 bridgehead atoms. The number of nitro groups is 1. The number of thioether (sulfide) groups is 1. The Morgan fingerprint density at radius 2 is 1.91 bits per heavy atom. The molecule has 0 radical (unpaired) electrons. The van der Waals surface area contributed by atoms with Crippen LogP contribution in [0.25, 0.3) is 0 Å². The normalized spacial score (nSPS) is 10.2. The maximum atomic E-state index is 11.9. The highest BCUT2D eigenvalue weighted by molar-refractivity contribution is 7.99. The third kappa shape index (κ3) is 4.89. The van der Waals surface area contributed by atoms with E-state index in [1.807, 2.05) is 30.3 Å². The molecule has 2 rings (SSSR count). The van der Waals surface area contributed by atoms with Gasteiger partial charge in [-0.3, -0.25) is 14.9 Å². The standard InChI is InChI=1S/C16H16N2O3S/c19-16(13-6-4-7-14(12-13)18(20)21)17-10-5-11-22-15-8-2-1-3-9-15/h1-4,6-9,12H,5,10-11H2,(H,17,19). The molecule has 0 saturated carbocycles. The van der Waals surface area contributed by atoms with Crippen LogP contribution < -0.4 is 5.32 Å². The van der Waals surface area contributed by atoms with Crippen LogP contribution in [0, 0.1) is 10.1 Å². The minimum atomic E-state index is -0.507. The highest BCUT2D eigenvalue weighted by Gasteiger charge is 2.10. The largest absolute Gasteiger partial charge is 0.352 e. The summed E-state index contributed by atoms with van der Waals surface area (Å²) in [6.07, 6.45) is 0.834. The molecule has 0 aromatic heterocycles. The average molecular weight is 316 g/mol. The van der Waals surface area contributed by atoms with Gasteiger partial charge in [-0.2, -0.15) is 0 Å². The van der Waals surface area contributed by atoms with Crippen molar-refractivity contribution in [1.29, 1.82) is 0 Å². The van der Waals surface area contributed by atoms with Crippen molar-refractivity contribution in [2.24, 2.45) is 0 Å². The summed E-state index contributed by atoms with van der Waals surface area (Å²) in [5, 5.41) is 13.5. The second-order valence-electron chi connectivity index (χ2n) is 4.58. The summed E-state index contributed by atoms with van der Waals surface area (Å²) < 4.78 is 0. The van der Waals surface area contributed by atoms with Gasteiger partial charge in [0.05, 0.1) is 4.92 Å². The molecule has 0 heterocycles. The first-order valence-electron chi connectivity index (χ1n) is 6.87. The number of non-ortho nitro benzene ring substituents is 1. The molecule has 5 nitrogen and oxygen atoms in total. The number of hydrogen-bond acceptors (Lipinski definition) is 4. The third-order valence-corrected chi connectivity index (χ3v) is 4.04. The maximum Gasteiger partial charge on any atom is 0.270 e. The second kappa shape index (κ2) is 8.19. The Morgan fingerprint density at radius 1 is 1.14 bits per heavy atom. The molecule has 114 valence electrons. The van der Waals surface area contributed by atoms with E-state index in [1.54, 1.807) is 17.8 Å².